The fourth-order valence-corrected chi connectivity index (χ4v) is 0.620. The van der Waals surface area contributed by atoms with E-state index in [0.29, 0.717) is 0 Å². The Hall–Kier alpha value is -0.280. The molecule has 0 rings (SSSR count). The highest BCUT2D eigenvalue weighted by Gasteiger charge is 2.34. The number of carboxylic acid groups (broad SMARTS) is 1. The fourth-order valence-electron chi connectivity index (χ4n) is 0.286. The lowest BCUT2D eigenvalue weighted by atomic mass is 9.89. The van der Waals surface area contributed by atoms with Gasteiger partial charge in [0.1, 0.15) is 5.41 Å². The van der Waals surface area contributed by atoms with Crippen molar-refractivity contribution in [3.05, 3.63) is 0 Å². The predicted molar refractivity (Wildman–Crippen MR) is 44.4 cm³/mol. The summed E-state index contributed by atoms with van der Waals surface area (Å²) in [7, 11) is 0. The number of hydrogen-bond donors (Lipinski definition) is 1. The van der Waals surface area contributed by atoms with Crippen LogP contribution in [0.15, 0.2) is 0 Å². The summed E-state index contributed by atoms with van der Waals surface area (Å²) in [6, 6.07) is 0. The van der Waals surface area contributed by atoms with Crippen molar-refractivity contribution in [2.45, 2.75) is 13.8 Å². The number of halogens is 2. The summed E-state index contributed by atoms with van der Waals surface area (Å²) in [5, 5.41) is 8.46. The minimum atomic E-state index is -1.35. The number of hydrogen-bond acceptors (Lipinski definition) is 2. The Morgan fingerprint density at radius 3 is 1.91 bits per heavy atom. The average molecular weight is 201 g/mol. The smallest absolute Gasteiger partial charge is 0.316 e. The highest BCUT2D eigenvalue weighted by atomic mass is 35.5. The third-order valence-electron chi connectivity index (χ3n) is 1.35. The largest absolute Gasteiger partial charge is 0.481 e. The van der Waals surface area contributed by atoms with Gasteiger partial charge in [0.05, 0.1) is 5.88 Å². The molecule has 0 aromatic heterocycles. The monoisotopic (exact) mass is 200 g/mol. The highest BCUT2D eigenvalue weighted by molar-refractivity contribution is 6.30. The van der Waals surface area contributed by atoms with E-state index in [0.717, 1.165) is 0 Å². The van der Waals surface area contributed by atoms with E-state index in [1.807, 2.05) is 0 Å². The van der Waals surface area contributed by atoms with Crippen molar-refractivity contribution in [2.75, 3.05) is 5.88 Å². The Bertz CT molecular complexity index is 165. The molecule has 0 saturated carbocycles. The molecule has 1 N–H and O–H groups in total. The van der Waals surface area contributed by atoms with Crippen LogP contribution < -0.4 is 0 Å². The molecule has 0 amide bonds. The average Bonchev–Trinajstić information content (AvgIpc) is 1.86. The molecule has 0 heterocycles. The van der Waals surface area contributed by atoms with Crippen molar-refractivity contribution in [3.8, 4) is 0 Å². The van der Waals surface area contributed by atoms with Gasteiger partial charge in [-0.05, 0) is 13.8 Å². The van der Waals surface area contributed by atoms with Crippen LogP contribution in [0.2, 0.25) is 0 Å². The molecule has 0 fully saturated rings. The summed E-state index contributed by atoms with van der Waals surface area (Å²) in [6.45, 7) is 2.67. The van der Waals surface area contributed by atoms with Gasteiger partial charge in [-0.3, -0.25) is 9.59 Å². The van der Waals surface area contributed by atoms with E-state index in [9.17, 15) is 9.59 Å². The first-order valence-corrected chi connectivity index (χ1v) is 3.29. The molecule has 11 heavy (non-hydrogen) atoms. The van der Waals surface area contributed by atoms with Crippen molar-refractivity contribution < 1.29 is 14.7 Å². The topological polar surface area (TPSA) is 54.4 Å². The highest BCUT2D eigenvalue weighted by Crippen LogP contribution is 2.16. The number of alkyl halides is 1. The van der Waals surface area contributed by atoms with E-state index >= 15 is 0 Å². The zero-order valence-electron chi connectivity index (χ0n) is 6.26. The van der Waals surface area contributed by atoms with Crippen LogP contribution >= 0.6 is 24.0 Å². The second-order valence-corrected chi connectivity index (χ2v) is 2.75. The van der Waals surface area contributed by atoms with E-state index in [1.165, 1.54) is 13.8 Å². The molecular formula is C6H10Cl2O3. The van der Waals surface area contributed by atoms with Crippen molar-refractivity contribution in [1.82, 2.24) is 0 Å². The Labute approximate surface area is 76.1 Å². The molecule has 0 radical (unpaired) electrons. The molecular weight excluding hydrogens is 191 g/mol. The van der Waals surface area contributed by atoms with Crippen molar-refractivity contribution >= 4 is 35.8 Å². The van der Waals surface area contributed by atoms with Gasteiger partial charge in [-0.1, -0.05) is 0 Å². The standard InChI is InChI=1S/C6H9ClO3.ClH/c1-6(2,5(9)10)4(8)3-7;/h3H2,1-2H3,(H,9,10);1H. The zero-order valence-corrected chi connectivity index (χ0v) is 7.83. The number of carbonyl (C=O) groups excluding carboxylic acids is 1. The van der Waals surface area contributed by atoms with Crippen LogP contribution in [0.5, 0.6) is 0 Å². The molecule has 0 aliphatic heterocycles. The Balaban J connectivity index is 0. The molecule has 0 atom stereocenters. The molecule has 0 bridgehead atoms. The Morgan fingerprint density at radius 1 is 1.45 bits per heavy atom. The maximum atomic E-state index is 10.8. The van der Waals surface area contributed by atoms with Crippen LogP contribution in [-0.4, -0.2) is 22.7 Å². The summed E-state index contributed by atoms with van der Waals surface area (Å²) in [4.78, 5) is 21.1. The van der Waals surface area contributed by atoms with Crippen LogP contribution in [-0.2, 0) is 9.59 Å². The van der Waals surface area contributed by atoms with E-state index in [2.05, 4.69) is 0 Å². The minimum absolute atomic E-state index is 0. The summed E-state index contributed by atoms with van der Waals surface area (Å²) in [5.41, 5.74) is -1.35. The van der Waals surface area contributed by atoms with Gasteiger partial charge in [0.2, 0.25) is 0 Å². The molecule has 5 heteroatoms. The first-order valence-electron chi connectivity index (χ1n) is 2.75. The SMILES string of the molecule is CC(C)(C(=O)O)C(=O)CCl.Cl. The third-order valence-corrected chi connectivity index (χ3v) is 1.60. The molecule has 0 unspecified atom stereocenters. The van der Waals surface area contributed by atoms with Crippen molar-refractivity contribution in [1.29, 1.82) is 0 Å². The van der Waals surface area contributed by atoms with Gasteiger partial charge in [0.15, 0.2) is 5.78 Å². The predicted octanol–water partition coefficient (Wildman–Crippen LogP) is 1.33. The fraction of sp³-hybridized carbons (Fsp3) is 0.667. The first kappa shape index (κ1) is 13.3. The van der Waals surface area contributed by atoms with E-state index in [1.54, 1.807) is 0 Å². The Kier molecular flexibility index (Phi) is 5.53. The van der Waals surface area contributed by atoms with Crippen LogP contribution in [0.25, 0.3) is 0 Å². The van der Waals surface area contributed by atoms with E-state index in [4.69, 9.17) is 16.7 Å². The second-order valence-electron chi connectivity index (χ2n) is 2.49. The van der Waals surface area contributed by atoms with Gasteiger partial charge in [0.25, 0.3) is 0 Å². The van der Waals surface area contributed by atoms with Gasteiger partial charge in [-0.25, -0.2) is 0 Å². The lowest BCUT2D eigenvalue weighted by Crippen LogP contribution is -2.34. The molecule has 0 saturated heterocycles. The Morgan fingerprint density at radius 2 is 1.82 bits per heavy atom. The number of rotatable bonds is 3. The lowest BCUT2D eigenvalue weighted by Gasteiger charge is -2.14. The number of aliphatic carboxylic acids is 1. The first-order chi connectivity index (χ1) is 4.42. The van der Waals surface area contributed by atoms with Crippen LogP contribution in [0.4, 0.5) is 0 Å². The third kappa shape index (κ3) is 3.08. The van der Waals surface area contributed by atoms with Gasteiger partial charge in [-0.15, -0.1) is 24.0 Å². The molecule has 0 spiro atoms. The summed E-state index contributed by atoms with van der Waals surface area (Å²) < 4.78 is 0. The summed E-state index contributed by atoms with van der Waals surface area (Å²) in [6.07, 6.45) is 0. The van der Waals surface area contributed by atoms with Gasteiger partial charge in [0, 0.05) is 0 Å². The van der Waals surface area contributed by atoms with Gasteiger partial charge in [-0.2, -0.15) is 0 Å². The van der Waals surface area contributed by atoms with Crippen LogP contribution in [0.1, 0.15) is 13.8 Å². The number of ketones is 1. The number of Topliss-reactive ketones (excluding diaryl/α,β-unsaturated/α-hetero) is 1. The molecule has 0 aromatic rings. The maximum absolute atomic E-state index is 10.8. The minimum Gasteiger partial charge on any atom is -0.481 e. The van der Waals surface area contributed by atoms with E-state index < -0.39 is 17.2 Å². The number of carboxylic acids is 1. The summed E-state index contributed by atoms with van der Waals surface area (Å²) >= 11 is 5.17. The second kappa shape index (κ2) is 4.57. The maximum Gasteiger partial charge on any atom is 0.316 e. The van der Waals surface area contributed by atoms with Crippen LogP contribution in [0.3, 0.4) is 0 Å². The summed E-state index contributed by atoms with van der Waals surface area (Å²) in [5.74, 6) is -1.86. The normalized spacial score (nSPS) is 10.1. The van der Waals surface area contributed by atoms with Crippen molar-refractivity contribution in [2.24, 2.45) is 5.41 Å². The zero-order chi connectivity index (χ0) is 8.36. The van der Waals surface area contributed by atoms with Crippen LogP contribution in [0, 0.1) is 5.41 Å². The van der Waals surface area contributed by atoms with E-state index in [-0.39, 0.29) is 18.3 Å². The lowest BCUT2D eigenvalue weighted by molar-refractivity contribution is -0.151. The van der Waals surface area contributed by atoms with Gasteiger partial charge >= 0.3 is 5.97 Å². The number of carbonyl (C=O) groups is 2. The molecule has 0 aliphatic carbocycles. The molecule has 66 valence electrons. The van der Waals surface area contributed by atoms with Crippen molar-refractivity contribution in [3.63, 3.8) is 0 Å². The molecule has 0 aromatic carbocycles. The quantitative estimate of drug-likeness (QED) is 0.553. The molecule has 3 nitrogen and oxygen atoms in total. The molecule has 0 aliphatic rings. The van der Waals surface area contributed by atoms with Gasteiger partial charge < -0.3 is 5.11 Å².